The van der Waals surface area contributed by atoms with Crippen LogP contribution in [0.15, 0.2) is 47.5 Å². The normalized spacial score (nSPS) is 10.2. The number of nitrogens with two attached hydrogens (primary N) is 1. The van der Waals surface area contributed by atoms with E-state index in [4.69, 9.17) is 5.84 Å². The van der Waals surface area contributed by atoms with Crippen LogP contribution in [0.3, 0.4) is 0 Å². The monoisotopic (exact) mass is 273 g/mol. The summed E-state index contributed by atoms with van der Waals surface area (Å²) in [5.41, 5.74) is 4.91. The van der Waals surface area contributed by atoms with Crippen molar-refractivity contribution >= 4 is 17.7 Å². The number of rotatable bonds is 4. The summed E-state index contributed by atoms with van der Waals surface area (Å²) in [6.45, 7) is 2.07. The third-order valence-corrected chi connectivity index (χ3v) is 3.65. The number of benzene rings is 1. The Morgan fingerprint density at radius 3 is 2.95 bits per heavy atom. The minimum absolute atomic E-state index is 0.330. The fourth-order valence-corrected chi connectivity index (χ4v) is 2.53. The molecule has 4 nitrogen and oxygen atoms in total. The number of carbonyl (C=O) groups excluding carboxylic acids is 1. The number of carbonyl (C=O) groups is 1. The molecule has 0 aliphatic rings. The minimum Gasteiger partial charge on any atom is -0.289 e. The zero-order chi connectivity index (χ0) is 13.7. The van der Waals surface area contributed by atoms with Crippen LogP contribution >= 0.6 is 11.8 Å². The van der Waals surface area contributed by atoms with Gasteiger partial charge in [0.1, 0.15) is 5.69 Å². The van der Waals surface area contributed by atoms with E-state index in [9.17, 15) is 4.79 Å². The molecule has 19 heavy (non-hydrogen) atoms. The van der Waals surface area contributed by atoms with Crippen molar-refractivity contribution in [3.63, 3.8) is 0 Å². The molecule has 3 N–H and O–H groups in total. The predicted molar refractivity (Wildman–Crippen MR) is 76.6 cm³/mol. The van der Waals surface area contributed by atoms with Crippen LogP contribution in [-0.2, 0) is 5.75 Å². The highest BCUT2D eigenvalue weighted by Gasteiger charge is 2.06. The summed E-state index contributed by atoms with van der Waals surface area (Å²) in [6.07, 6.45) is 1.61. The molecule has 2 aromatic rings. The van der Waals surface area contributed by atoms with Gasteiger partial charge in [-0.15, -0.1) is 11.8 Å². The van der Waals surface area contributed by atoms with Gasteiger partial charge in [-0.2, -0.15) is 0 Å². The number of nitrogen functional groups attached to an aromatic ring is 1. The van der Waals surface area contributed by atoms with E-state index >= 15 is 0 Å². The summed E-state index contributed by atoms with van der Waals surface area (Å²) in [6, 6.07) is 12.0. The third-order valence-electron chi connectivity index (χ3n) is 2.58. The first-order valence-corrected chi connectivity index (χ1v) is 6.83. The number of nitrogens with zero attached hydrogens (tertiary/aromatic N) is 1. The fraction of sp³-hybridized carbons (Fsp3) is 0.143. The molecule has 0 aliphatic carbocycles. The van der Waals surface area contributed by atoms with E-state index in [-0.39, 0.29) is 5.91 Å². The number of hydrazine groups is 1. The fourth-order valence-electron chi connectivity index (χ4n) is 1.67. The van der Waals surface area contributed by atoms with Gasteiger partial charge >= 0.3 is 0 Å². The van der Waals surface area contributed by atoms with Gasteiger partial charge in [-0.25, -0.2) is 5.84 Å². The Morgan fingerprint density at radius 1 is 1.37 bits per heavy atom. The highest BCUT2D eigenvalue weighted by Crippen LogP contribution is 2.23. The van der Waals surface area contributed by atoms with Gasteiger partial charge in [0.05, 0.1) is 0 Å². The van der Waals surface area contributed by atoms with Gasteiger partial charge in [-0.05, 0) is 24.6 Å². The quantitative estimate of drug-likeness (QED) is 0.388. The molecule has 0 fully saturated rings. The zero-order valence-corrected chi connectivity index (χ0v) is 11.4. The second kappa shape index (κ2) is 6.36. The zero-order valence-electron chi connectivity index (χ0n) is 10.6. The molecule has 1 amide bonds. The van der Waals surface area contributed by atoms with Crippen molar-refractivity contribution < 1.29 is 4.79 Å². The molecule has 0 spiro atoms. The van der Waals surface area contributed by atoms with Crippen molar-refractivity contribution in [3.05, 3.63) is 59.4 Å². The van der Waals surface area contributed by atoms with Crippen LogP contribution in [0.4, 0.5) is 0 Å². The smallest absolute Gasteiger partial charge is 0.283 e. The number of aryl methyl sites for hydroxylation is 1. The summed E-state index contributed by atoms with van der Waals surface area (Å²) in [5.74, 6) is 5.57. The van der Waals surface area contributed by atoms with Gasteiger partial charge in [-0.1, -0.05) is 29.8 Å². The Kier molecular flexibility index (Phi) is 4.54. The second-order valence-electron chi connectivity index (χ2n) is 4.13. The molecule has 98 valence electrons. The van der Waals surface area contributed by atoms with Crippen molar-refractivity contribution in [3.8, 4) is 0 Å². The second-order valence-corrected chi connectivity index (χ2v) is 5.18. The van der Waals surface area contributed by atoms with Crippen LogP contribution < -0.4 is 11.3 Å². The number of pyridine rings is 1. The molecule has 0 radical (unpaired) electrons. The molecule has 5 heteroatoms. The Balaban J connectivity index is 2.05. The lowest BCUT2D eigenvalue weighted by atomic mass is 10.2. The molecule has 0 bridgehead atoms. The number of hydrogen-bond acceptors (Lipinski definition) is 4. The average Bonchev–Trinajstić information content (AvgIpc) is 2.45. The molecule has 0 aliphatic heterocycles. The van der Waals surface area contributed by atoms with Gasteiger partial charge in [0.15, 0.2) is 0 Å². The average molecular weight is 273 g/mol. The van der Waals surface area contributed by atoms with Crippen LogP contribution in [0.1, 0.15) is 21.6 Å². The lowest BCUT2D eigenvalue weighted by Gasteiger charge is -2.04. The van der Waals surface area contributed by atoms with Gasteiger partial charge in [-0.3, -0.25) is 15.2 Å². The molecule has 2 rings (SSSR count). The molecular weight excluding hydrogens is 258 g/mol. The van der Waals surface area contributed by atoms with Gasteiger partial charge in [0.2, 0.25) is 0 Å². The SMILES string of the molecule is Cc1cccc(CSc2ccnc(C(=O)NN)c2)c1. The maximum atomic E-state index is 11.4. The summed E-state index contributed by atoms with van der Waals surface area (Å²) >= 11 is 1.66. The van der Waals surface area contributed by atoms with Gasteiger partial charge < -0.3 is 0 Å². The number of nitrogens with one attached hydrogen (secondary N) is 1. The number of thioether (sulfide) groups is 1. The van der Waals surface area contributed by atoms with Crippen molar-refractivity contribution in [1.82, 2.24) is 10.4 Å². The number of aromatic nitrogens is 1. The summed E-state index contributed by atoms with van der Waals surface area (Å²) in [5, 5.41) is 0. The maximum Gasteiger partial charge on any atom is 0.283 e. The molecule has 1 heterocycles. The number of amides is 1. The van der Waals surface area contributed by atoms with E-state index in [2.05, 4.69) is 35.5 Å². The molecular formula is C14H15N3OS. The van der Waals surface area contributed by atoms with Gasteiger partial charge in [0.25, 0.3) is 5.91 Å². The summed E-state index contributed by atoms with van der Waals surface area (Å²) in [4.78, 5) is 16.3. The Labute approximate surface area is 116 Å². The third kappa shape index (κ3) is 3.81. The van der Waals surface area contributed by atoms with E-state index in [0.29, 0.717) is 5.69 Å². The topological polar surface area (TPSA) is 68.0 Å². The Hall–Kier alpha value is -1.85. The first kappa shape index (κ1) is 13.6. The van der Waals surface area contributed by atoms with Crippen LogP contribution in [0.5, 0.6) is 0 Å². The molecule has 0 unspecified atom stereocenters. The first-order chi connectivity index (χ1) is 9.19. The summed E-state index contributed by atoms with van der Waals surface area (Å²) < 4.78 is 0. The maximum absolute atomic E-state index is 11.4. The van der Waals surface area contributed by atoms with E-state index in [1.165, 1.54) is 11.1 Å². The molecule has 0 saturated heterocycles. The molecule has 0 atom stereocenters. The summed E-state index contributed by atoms with van der Waals surface area (Å²) in [7, 11) is 0. The van der Waals surface area contributed by atoms with Crippen molar-refractivity contribution in [2.45, 2.75) is 17.6 Å². The van der Waals surface area contributed by atoms with Crippen LogP contribution in [0.2, 0.25) is 0 Å². The van der Waals surface area contributed by atoms with E-state index < -0.39 is 0 Å². The Bertz CT molecular complexity index is 586. The van der Waals surface area contributed by atoms with Crippen LogP contribution in [0.25, 0.3) is 0 Å². The van der Waals surface area contributed by atoms with Crippen LogP contribution in [0, 0.1) is 6.92 Å². The molecule has 0 saturated carbocycles. The highest BCUT2D eigenvalue weighted by atomic mass is 32.2. The van der Waals surface area contributed by atoms with Gasteiger partial charge in [0, 0.05) is 16.8 Å². The lowest BCUT2D eigenvalue weighted by Crippen LogP contribution is -2.30. The van der Waals surface area contributed by atoms with Crippen molar-refractivity contribution in [1.29, 1.82) is 0 Å². The predicted octanol–water partition coefficient (Wildman–Crippen LogP) is 2.29. The highest BCUT2D eigenvalue weighted by molar-refractivity contribution is 7.98. The number of hydrogen-bond donors (Lipinski definition) is 2. The molecule has 1 aromatic carbocycles. The van der Waals surface area contributed by atoms with E-state index in [1.807, 2.05) is 12.1 Å². The van der Waals surface area contributed by atoms with E-state index in [1.54, 1.807) is 24.0 Å². The largest absolute Gasteiger partial charge is 0.289 e. The molecule has 1 aromatic heterocycles. The standard InChI is InChI=1S/C14H15N3OS/c1-10-3-2-4-11(7-10)9-19-12-5-6-16-13(8-12)14(18)17-15/h2-8H,9,15H2,1H3,(H,17,18). The van der Waals surface area contributed by atoms with Crippen molar-refractivity contribution in [2.24, 2.45) is 5.84 Å². The lowest BCUT2D eigenvalue weighted by molar-refractivity contribution is 0.0948. The first-order valence-electron chi connectivity index (χ1n) is 5.84. The minimum atomic E-state index is -0.377. The van der Waals surface area contributed by atoms with Crippen molar-refractivity contribution in [2.75, 3.05) is 0 Å². The Morgan fingerprint density at radius 2 is 2.21 bits per heavy atom. The van der Waals surface area contributed by atoms with E-state index in [0.717, 1.165) is 10.6 Å². The van der Waals surface area contributed by atoms with Crippen LogP contribution in [-0.4, -0.2) is 10.9 Å².